The number of amides is 1. The number of hydrogen-bond donors (Lipinski definition) is 2. The highest BCUT2D eigenvalue weighted by Gasteiger charge is 2.25. The van der Waals surface area contributed by atoms with Crippen molar-refractivity contribution >= 4 is 27.5 Å². The minimum atomic E-state index is -3.84. The molecule has 0 radical (unpaired) electrons. The standard InChI is InChI=1S/C21H32ClN3O4S/c1-15(2)14-25-9-7-17(8-10-25)24-21(26)16-5-6-19(22)20(12-16)30(27,28)23-13-18-4-3-11-29-18/h5-6,12,15,17-18,23H,3-4,7-11,13-14H2,1-2H3,(H,24,26). The van der Waals surface area contributed by atoms with Crippen LogP contribution in [0.3, 0.4) is 0 Å². The average molecular weight is 458 g/mol. The molecule has 2 fully saturated rings. The Morgan fingerprint density at radius 2 is 2.00 bits per heavy atom. The van der Waals surface area contributed by atoms with E-state index in [0.29, 0.717) is 18.1 Å². The molecule has 9 heteroatoms. The van der Waals surface area contributed by atoms with E-state index < -0.39 is 10.0 Å². The molecule has 1 aromatic rings. The van der Waals surface area contributed by atoms with E-state index >= 15 is 0 Å². The molecule has 0 saturated carbocycles. The third kappa shape index (κ3) is 6.40. The van der Waals surface area contributed by atoms with Crippen molar-refractivity contribution < 1.29 is 17.9 Å². The smallest absolute Gasteiger partial charge is 0.251 e. The van der Waals surface area contributed by atoms with Crippen molar-refractivity contribution in [3.05, 3.63) is 28.8 Å². The third-order valence-corrected chi connectivity index (χ3v) is 7.46. The number of carbonyl (C=O) groups excluding carboxylic acids is 1. The second-order valence-corrected chi connectivity index (χ2v) is 10.7. The molecule has 2 aliphatic heterocycles. The average Bonchev–Trinajstić information content (AvgIpc) is 3.21. The first-order valence-electron chi connectivity index (χ1n) is 10.7. The van der Waals surface area contributed by atoms with Crippen LogP contribution in [0.2, 0.25) is 5.02 Å². The first-order valence-corrected chi connectivity index (χ1v) is 12.5. The molecule has 30 heavy (non-hydrogen) atoms. The van der Waals surface area contributed by atoms with Gasteiger partial charge in [-0.25, -0.2) is 13.1 Å². The number of likely N-dealkylation sites (tertiary alicyclic amines) is 1. The quantitative estimate of drug-likeness (QED) is 0.626. The number of halogens is 1. The Morgan fingerprint density at radius 3 is 2.63 bits per heavy atom. The molecule has 0 spiro atoms. The maximum atomic E-state index is 12.7. The Labute approximate surface area is 184 Å². The highest BCUT2D eigenvalue weighted by Crippen LogP contribution is 2.23. The number of sulfonamides is 1. The van der Waals surface area contributed by atoms with Crippen LogP contribution in [0.25, 0.3) is 0 Å². The molecular formula is C21H32ClN3O4S. The van der Waals surface area contributed by atoms with Crippen LogP contribution in [-0.2, 0) is 14.8 Å². The van der Waals surface area contributed by atoms with Crippen LogP contribution in [0.15, 0.2) is 23.1 Å². The number of ether oxygens (including phenoxy) is 1. The summed E-state index contributed by atoms with van der Waals surface area (Å²) < 4.78 is 33.4. The number of rotatable bonds is 8. The van der Waals surface area contributed by atoms with Gasteiger partial charge in [0.25, 0.3) is 5.91 Å². The minimum Gasteiger partial charge on any atom is -0.377 e. The highest BCUT2D eigenvalue weighted by atomic mass is 35.5. The Hall–Kier alpha value is -1.19. The molecule has 2 saturated heterocycles. The first-order chi connectivity index (χ1) is 14.2. The molecule has 7 nitrogen and oxygen atoms in total. The van der Waals surface area contributed by atoms with Gasteiger partial charge in [-0.1, -0.05) is 25.4 Å². The Kier molecular flexibility index (Phi) is 8.15. The number of carbonyl (C=O) groups is 1. The van der Waals surface area contributed by atoms with Crippen molar-refractivity contribution in [3.63, 3.8) is 0 Å². The second kappa shape index (κ2) is 10.4. The topological polar surface area (TPSA) is 87.7 Å². The van der Waals surface area contributed by atoms with E-state index in [9.17, 15) is 13.2 Å². The van der Waals surface area contributed by atoms with Gasteiger partial charge >= 0.3 is 0 Å². The van der Waals surface area contributed by atoms with Crippen molar-refractivity contribution in [3.8, 4) is 0 Å². The maximum absolute atomic E-state index is 12.7. The molecular weight excluding hydrogens is 426 g/mol. The van der Waals surface area contributed by atoms with E-state index in [1.165, 1.54) is 12.1 Å². The van der Waals surface area contributed by atoms with E-state index in [-0.39, 0.29) is 34.5 Å². The molecule has 3 rings (SSSR count). The Bertz CT molecular complexity index is 833. The van der Waals surface area contributed by atoms with Crippen LogP contribution in [0, 0.1) is 5.92 Å². The predicted octanol–water partition coefficient (Wildman–Crippen LogP) is 2.65. The summed E-state index contributed by atoms with van der Waals surface area (Å²) in [6.45, 7) is 8.24. The molecule has 0 aliphatic carbocycles. The number of piperidine rings is 1. The summed E-state index contributed by atoms with van der Waals surface area (Å²) in [5.74, 6) is 0.351. The molecule has 1 unspecified atom stereocenters. The lowest BCUT2D eigenvalue weighted by Gasteiger charge is -2.33. The van der Waals surface area contributed by atoms with Crippen LogP contribution in [0.5, 0.6) is 0 Å². The van der Waals surface area contributed by atoms with Gasteiger partial charge in [0.1, 0.15) is 4.90 Å². The monoisotopic (exact) mass is 457 g/mol. The molecule has 0 bridgehead atoms. The SMILES string of the molecule is CC(C)CN1CCC(NC(=O)c2ccc(Cl)c(S(=O)(=O)NCC3CCCO3)c2)CC1. The minimum absolute atomic E-state index is 0.0819. The summed E-state index contributed by atoms with van der Waals surface area (Å²) in [5.41, 5.74) is 0.293. The lowest BCUT2D eigenvalue weighted by atomic mass is 10.0. The number of hydrogen-bond acceptors (Lipinski definition) is 5. The van der Waals surface area contributed by atoms with Gasteiger partial charge in [0.15, 0.2) is 0 Å². The zero-order chi connectivity index (χ0) is 21.7. The van der Waals surface area contributed by atoms with E-state index in [1.807, 2.05) is 0 Å². The highest BCUT2D eigenvalue weighted by molar-refractivity contribution is 7.89. The number of nitrogens with zero attached hydrogens (tertiary/aromatic N) is 1. The second-order valence-electron chi connectivity index (χ2n) is 8.57. The van der Waals surface area contributed by atoms with Crippen molar-refractivity contribution in [1.82, 2.24) is 14.9 Å². The van der Waals surface area contributed by atoms with Crippen molar-refractivity contribution in [1.29, 1.82) is 0 Å². The fourth-order valence-electron chi connectivity index (χ4n) is 3.98. The van der Waals surface area contributed by atoms with Crippen molar-refractivity contribution in [2.75, 3.05) is 32.8 Å². The summed E-state index contributed by atoms with van der Waals surface area (Å²) in [6.07, 6.45) is 3.42. The normalized spacial score (nSPS) is 21.3. The van der Waals surface area contributed by atoms with Crippen molar-refractivity contribution in [2.45, 2.75) is 56.6 Å². The fraction of sp³-hybridized carbons (Fsp3) is 0.667. The van der Waals surface area contributed by atoms with Gasteiger partial charge in [-0.05, 0) is 49.8 Å². The molecule has 2 aliphatic rings. The Morgan fingerprint density at radius 1 is 1.27 bits per heavy atom. The largest absolute Gasteiger partial charge is 0.377 e. The fourth-order valence-corrected chi connectivity index (χ4v) is 5.57. The first kappa shape index (κ1) is 23.5. The summed E-state index contributed by atoms with van der Waals surface area (Å²) >= 11 is 6.14. The Balaban J connectivity index is 1.60. The van der Waals surface area contributed by atoms with E-state index in [1.54, 1.807) is 6.07 Å². The molecule has 1 aromatic carbocycles. The summed E-state index contributed by atoms with van der Waals surface area (Å²) in [4.78, 5) is 15.1. The lowest BCUT2D eigenvalue weighted by molar-refractivity contribution is 0.0907. The summed E-state index contributed by atoms with van der Waals surface area (Å²) in [6, 6.07) is 4.46. The molecule has 0 aromatic heterocycles. The van der Waals surface area contributed by atoms with Crippen LogP contribution in [0.4, 0.5) is 0 Å². The summed E-state index contributed by atoms with van der Waals surface area (Å²) in [5, 5.41) is 3.13. The van der Waals surface area contributed by atoms with Gasteiger partial charge in [-0.2, -0.15) is 0 Å². The molecule has 1 atom stereocenters. The van der Waals surface area contributed by atoms with E-state index in [0.717, 1.165) is 45.3 Å². The number of nitrogens with one attached hydrogen (secondary N) is 2. The number of benzene rings is 1. The van der Waals surface area contributed by atoms with Gasteiger partial charge in [-0.3, -0.25) is 4.79 Å². The van der Waals surface area contributed by atoms with Gasteiger partial charge in [0.2, 0.25) is 10.0 Å². The zero-order valence-electron chi connectivity index (χ0n) is 17.7. The van der Waals surface area contributed by atoms with Gasteiger partial charge in [-0.15, -0.1) is 0 Å². The van der Waals surface area contributed by atoms with Crippen molar-refractivity contribution in [2.24, 2.45) is 5.92 Å². The molecule has 2 heterocycles. The maximum Gasteiger partial charge on any atom is 0.251 e. The molecule has 1 amide bonds. The van der Waals surface area contributed by atoms with Crippen LogP contribution < -0.4 is 10.0 Å². The van der Waals surface area contributed by atoms with Crippen LogP contribution in [0.1, 0.15) is 49.9 Å². The van der Waals surface area contributed by atoms with Crippen LogP contribution in [-0.4, -0.2) is 64.2 Å². The van der Waals surface area contributed by atoms with Crippen LogP contribution >= 0.6 is 11.6 Å². The van der Waals surface area contributed by atoms with E-state index in [2.05, 4.69) is 28.8 Å². The molecule has 2 N–H and O–H groups in total. The lowest BCUT2D eigenvalue weighted by Crippen LogP contribution is -2.45. The summed E-state index contributed by atoms with van der Waals surface area (Å²) in [7, 11) is -3.84. The predicted molar refractivity (Wildman–Crippen MR) is 117 cm³/mol. The van der Waals surface area contributed by atoms with E-state index in [4.69, 9.17) is 16.3 Å². The molecule has 168 valence electrons. The van der Waals surface area contributed by atoms with Gasteiger partial charge < -0.3 is 15.0 Å². The van der Waals surface area contributed by atoms with Gasteiger partial charge in [0, 0.05) is 44.4 Å². The van der Waals surface area contributed by atoms with Gasteiger partial charge in [0.05, 0.1) is 11.1 Å². The third-order valence-electron chi connectivity index (χ3n) is 5.55. The zero-order valence-corrected chi connectivity index (χ0v) is 19.3.